The number of methoxy groups -OCH3 is 1. The Bertz CT molecular complexity index is 1100. The lowest BCUT2D eigenvalue weighted by Gasteiger charge is -2.15. The van der Waals surface area contributed by atoms with Gasteiger partial charge in [-0.3, -0.25) is 9.78 Å². The topological polar surface area (TPSA) is 73.3 Å². The third kappa shape index (κ3) is 4.00. The monoisotopic (exact) mass is 417 g/mol. The first kappa shape index (κ1) is 19.9. The molecular formula is C21H18F3N3O3. The molecule has 1 amide bonds. The highest BCUT2D eigenvalue weighted by molar-refractivity contribution is 5.87. The number of alkyl halides is 3. The normalized spacial score (nSPS) is 16.5. The molecule has 1 aliphatic rings. The lowest BCUT2D eigenvalue weighted by molar-refractivity contribution is -0.138. The Hall–Kier alpha value is -3.36. The molecule has 6 nitrogen and oxygen atoms in total. The minimum atomic E-state index is -4.57. The number of halogens is 3. The SMILES string of the molecule is COc1ccc(-c2cc3ncccc3c(OCC3CNC(=O)C3)n2)cc1C(F)(F)F. The van der Waals surface area contributed by atoms with Crippen LogP contribution in [0, 0.1) is 5.92 Å². The molecular weight excluding hydrogens is 399 g/mol. The summed E-state index contributed by atoms with van der Waals surface area (Å²) >= 11 is 0. The number of amides is 1. The molecule has 2 aromatic heterocycles. The Morgan fingerprint density at radius 1 is 1.23 bits per heavy atom. The molecule has 0 bridgehead atoms. The van der Waals surface area contributed by atoms with E-state index in [0.717, 1.165) is 6.07 Å². The maximum absolute atomic E-state index is 13.4. The van der Waals surface area contributed by atoms with Gasteiger partial charge in [0.05, 0.1) is 35.9 Å². The number of nitrogens with one attached hydrogen (secondary N) is 1. The molecule has 0 aliphatic carbocycles. The van der Waals surface area contributed by atoms with E-state index >= 15 is 0 Å². The van der Waals surface area contributed by atoms with Crippen LogP contribution in [-0.2, 0) is 11.0 Å². The Kier molecular flexibility index (Phi) is 5.19. The van der Waals surface area contributed by atoms with E-state index in [1.54, 1.807) is 24.4 Å². The number of hydrogen-bond donors (Lipinski definition) is 1. The van der Waals surface area contributed by atoms with Crippen molar-refractivity contribution < 1.29 is 27.4 Å². The molecule has 156 valence electrons. The summed E-state index contributed by atoms with van der Waals surface area (Å²) < 4.78 is 51.0. The van der Waals surface area contributed by atoms with Crippen LogP contribution in [0.3, 0.4) is 0 Å². The van der Waals surface area contributed by atoms with E-state index in [4.69, 9.17) is 9.47 Å². The molecule has 3 aromatic rings. The van der Waals surface area contributed by atoms with Gasteiger partial charge in [-0.2, -0.15) is 13.2 Å². The number of fused-ring (bicyclic) bond motifs is 1. The standard InChI is InChI=1S/C21H18F3N3O3/c1-29-18-5-4-13(8-15(18)21(22,23)24)16-9-17-14(3-2-6-25-17)20(27-16)30-11-12-7-19(28)26-10-12/h2-6,8-9,12H,7,10-11H2,1H3,(H,26,28). The lowest BCUT2D eigenvalue weighted by atomic mass is 10.0. The van der Waals surface area contributed by atoms with Crippen LogP contribution < -0.4 is 14.8 Å². The molecule has 0 radical (unpaired) electrons. The van der Waals surface area contributed by atoms with Gasteiger partial charge in [0.2, 0.25) is 11.8 Å². The molecule has 1 aliphatic heterocycles. The fourth-order valence-corrected chi connectivity index (χ4v) is 3.37. The molecule has 30 heavy (non-hydrogen) atoms. The zero-order valence-electron chi connectivity index (χ0n) is 16.0. The summed E-state index contributed by atoms with van der Waals surface area (Å²) in [6, 6.07) is 8.89. The molecule has 1 unspecified atom stereocenters. The number of carbonyl (C=O) groups is 1. The van der Waals surface area contributed by atoms with E-state index in [-0.39, 0.29) is 35.6 Å². The predicted octanol–water partition coefficient (Wildman–Crippen LogP) is 3.84. The van der Waals surface area contributed by atoms with Crippen LogP contribution in [0.15, 0.2) is 42.6 Å². The number of pyridine rings is 2. The van der Waals surface area contributed by atoms with Crippen molar-refractivity contribution in [2.45, 2.75) is 12.6 Å². The van der Waals surface area contributed by atoms with Gasteiger partial charge in [-0.1, -0.05) is 0 Å². The van der Waals surface area contributed by atoms with E-state index in [9.17, 15) is 18.0 Å². The number of carbonyl (C=O) groups excluding carboxylic acids is 1. The summed E-state index contributed by atoms with van der Waals surface area (Å²) in [5.74, 6) is -0.0263. The van der Waals surface area contributed by atoms with Crippen molar-refractivity contribution >= 4 is 16.8 Å². The average molecular weight is 417 g/mol. The van der Waals surface area contributed by atoms with E-state index < -0.39 is 11.7 Å². The molecule has 1 aromatic carbocycles. The second kappa shape index (κ2) is 7.81. The van der Waals surface area contributed by atoms with Crippen LogP contribution in [0.25, 0.3) is 22.2 Å². The van der Waals surface area contributed by atoms with E-state index in [2.05, 4.69) is 15.3 Å². The van der Waals surface area contributed by atoms with E-state index in [1.807, 2.05) is 0 Å². The van der Waals surface area contributed by atoms with Crippen molar-refractivity contribution in [1.29, 1.82) is 0 Å². The first-order valence-corrected chi connectivity index (χ1v) is 9.26. The van der Waals surface area contributed by atoms with Crippen molar-refractivity contribution in [2.24, 2.45) is 5.92 Å². The number of rotatable bonds is 5. The molecule has 1 atom stereocenters. The first-order valence-electron chi connectivity index (χ1n) is 9.26. The molecule has 1 N–H and O–H groups in total. The predicted molar refractivity (Wildman–Crippen MR) is 103 cm³/mol. The maximum atomic E-state index is 13.4. The minimum Gasteiger partial charge on any atom is -0.496 e. The van der Waals surface area contributed by atoms with Gasteiger partial charge >= 0.3 is 6.18 Å². The molecule has 9 heteroatoms. The van der Waals surface area contributed by atoms with Crippen molar-refractivity contribution in [3.05, 3.63) is 48.2 Å². The summed E-state index contributed by atoms with van der Waals surface area (Å²) in [6.07, 6.45) is -2.62. The second-order valence-corrected chi connectivity index (χ2v) is 6.98. The van der Waals surface area contributed by atoms with Gasteiger partial charge in [0.25, 0.3) is 0 Å². The lowest BCUT2D eigenvalue weighted by Crippen LogP contribution is -2.17. The maximum Gasteiger partial charge on any atom is 0.419 e. The van der Waals surface area contributed by atoms with Crippen molar-refractivity contribution in [3.63, 3.8) is 0 Å². The van der Waals surface area contributed by atoms with Crippen LogP contribution in [-0.4, -0.2) is 36.1 Å². The zero-order chi connectivity index (χ0) is 21.3. The second-order valence-electron chi connectivity index (χ2n) is 6.98. The van der Waals surface area contributed by atoms with Gasteiger partial charge in [0, 0.05) is 30.6 Å². The third-order valence-electron chi connectivity index (χ3n) is 4.88. The molecule has 0 saturated carbocycles. The molecule has 3 heterocycles. The largest absolute Gasteiger partial charge is 0.496 e. The number of nitrogens with zero attached hydrogens (tertiary/aromatic N) is 2. The highest BCUT2D eigenvalue weighted by Gasteiger charge is 2.34. The summed E-state index contributed by atoms with van der Waals surface area (Å²) in [7, 11) is 1.19. The van der Waals surface area contributed by atoms with Gasteiger partial charge in [0.1, 0.15) is 5.75 Å². The summed E-state index contributed by atoms with van der Waals surface area (Å²) in [5, 5.41) is 3.38. The smallest absolute Gasteiger partial charge is 0.419 e. The van der Waals surface area contributed by atoms with Crippen LogP contribution in [0.2, 0.25) is 0 Å². The molecule has 4 rings (SSSR count). The van der Waals surface area contributed by atoms with Crippen LogP contribution >= 0.6 is 0 Å². The fourth-order valence-electron chi connectivity index (χ4n) is 3.37. The Labute approximate surface area is 170 Å². The van der Waals surface area contributed by atoms with Gasteiger partial charge in [-0.15, -0.1) is 0 Å². The van der Waals surface area contributed by atoms with Crippen LogP contribution in [0.5, 0.6) is 11.6 Å². The molecule has 1 saturated heterocycles. The zero-order valence-corrected chi connectivity index (χ0v) is 16.0. The minimum absolute atomic E-state index is 0.00694. The Morgan fingerprint density at radius 2 is 2.07 bits per heavy atom. The number of aromatic nitrogens is 2. The highest BCUT2D eigenvalue weighted by Crippen LogP contribution is 2.39. The average Bonchev–Trinajstić information content (AvgIpc) is 3.15. The number of benzene rings is 1. The number of hydrogen-bond acceptors (Lipinski definition) is 5. The number of ether oxygens (including phenoxy) is 2. The van der Waals surface area contributed by atoms with Gasteiger partial charge in [-0.05, 0) is 36.4 Å². The van der Waals surface area contributed by atoms with Gasteiger partial charge in [-0.25, -0.2) is 4.98 Å². The van der Waals surface area contributed by atoms with Gasteiger partial charge in [0.15, 0.2) is 0 Å². The van der Waals surface area contributed by atoms with E-state index in [1.165, 1.54) is 19.2 Å². The van der Waals surface area contributed by atoms with Crippen LogP contribution in [0.1, 0.15) is 12.0 Å². The van der Waals surface area contributed by atoms with Crippen LogP contribution in [0.4, 0.5) is 13.2 Å². The summed E-state index contributed by atoms with van der Waals surface area (Å²) in [6.45, 7) is 0.776. The quantitative estimate of drug-likeness (QED) is 0.683. The molecule has 1 fully saturated rings. The fraction of sp³-hybridized carbons (Fsp3) is 0.286. The summed E-state index contributed by atoms with van der Waals surface area (Å²) in [4.78, 5) is 20.1. The Morgan fingerprint density at radius 3 is 2.77 bits per heavy atom. The van der Waals surface area contributed by atoms with Crippen molar-refractivity contribution in [2.75, 3.05) is 20.3 Å². The van der Waals surface area contributed by atoms with Gasteiger partial charge < -0.3 is 14.8 Å². The first-order chi connectivity index (χ1) is 14.3. The highest BCUT2D eigenvalue weighted by atomic mass is 19.4. The molecule has 0 spiro atoms. The van der Waals surface area contributed by atoms with E-state index in [0.29, 0.717) is 29.6 Å². The Balaban J connectivity index is 1.74. The van der Waals surface area contributed by atoms with Crippen molar-refractivity contribution in [1.82, 2.24) is 15.3 Å². The van der Waals surface area contributed by atoms with Crippen molar-refractivity contribution in [3.8, 4) is 22.9 Å². The summed E-state index contributed by atoms with van der Waals surface area (Å²) in [5.41, 5.74) is 0.217. The third-order valence-corrected chi connectivity index (χ3v) is 4.88.